The molecule has 0 aromatic heterocycles. The third-order valence-electron chi connectivity index (χ3n) is 3.51. The molecular formula is C16H17FN2O3S. The van der Waals surface area contributed by atoms with Crippen LogP contribution in [0.25, 0.3) is 0 Å². The molecule has 0 saturated carbocycles. The van der Waals surface area contributed by atoms with Gasteiger partial charge in [-0.25, -0.2) is 12.8 Å². The van der Waals surface area contributed by atoms with Crippen molar-refractivity contribution in [3.8, 4) is 0 Å². The molecule has 0 radical (unpaired) electrons. The van der Waals surface area contributed by atoms with Crippen LogP contribution in [-0.4, -0.2) is 14.3 Å². The number of primary amides is 1. The number of carbonyl (C=O) groups excluding carboxylic acids is 1. The van der Waals surface area contributed by atoms with E-state index < -0.39 is 21.7 Å². The van der Waals surface area contributed by atoms with Gasteiger partial charge in [-0.3, -0.25) is 9.52 Å². The summed E-state index contributed by atoms with van der Waals surface area (Å²) >= 11 is 0. The number of hydrogen-bond donors (Lipinski definition) is 2. The molecule has 0 aliphatic rings. The van der Waals surface area contributed by atoms with Gasteiger partial charge in [-0.05, 0) is 50.1 Å². The zero-order chi connectivity index (χ0) is 17.4. The van der Waals surface area contributed by atoms with Crippen LogP contribution in [0, 0.1) is 26.6 Å². The van der Waals surface area contributed by atoms with Crippen LogP contribution >= 0.6 is 0 Å². The zero-order valence-corrected chi connectivity index (χ0v) is 13.8. The first-order valence-corrected chi connectivity index (χ1v) is 8.30. The Bertz CT molecular complexity index is 892. The van der Waals surface area contributed by atoms with Gasteiger partial charge in [0.2, 0.25) is 5.91 Å². The van der Waals surface area contributed by atoms with Gasteiger partial charge in [-0.1, -0.05) is 12.1 Å². The number of benzene rings is 2. The lowest BCUT2D eigenvalue weighted by molar-refractivity contribution is 0.1000. The van der Waals surface area contributed by atoms with Crippen LogP contribution in [0.2, 0.25) is 0 Å². The number of hydrogen-bond acceptors (Lipinski definition) is 3. The fourth-order valence-corrected chi connectivity index (χ4v) is 3.57. The van der Waals surface area contributed by atoms with Gasteiger partial charge in [0.15, 0.2) is 0 Å². The third kappa shape index (κ3) is 3.50. The van der Waals surface area contributed by atoms with E-state index in [1.165, 1.54) is 19.1 Å². The van der Waals surface area contributed by atoms with E-state index in [2.05, 4.69) is 4.72 Å². The molecule has 0 atom stereocenters. The minimum Gasteiger partial charge on any atom is -0.366 e. The van der Waals surface area contributed by atoms with E-state index in [0.29, 0.717) is 5.56 Å². The number of anilines is 1. The Morgan fingerprint density at radius 3 is 2.39 bits per heavy atom. The lowest BCUT2D eigenvalue weighted by Crippen LogP contribution is -2.17. The molecule has 2 aromatic carbocycles. The predicted molar refractivity (Wildman–Crippen MR) is 86.4 cm³/mol. The molecule has 0 fully saturated rings. The second kappa shape index (κ2) is 6.00. The molecule has 2 aromatic rings. The lowest BCUT2D eigenvalue weighted by Gasteiger charge is -2.14. The van der Waals surface area contributed by atoms with Crippen LogP contribution in [0.5, 0.6) is 0 Å². The molecule has 0 saturated heterocycles. The number of nitrogens with one attached hydrogen (secondary N) is 1. The summed E-state index contributed by atoms with van der Waals surface area (Å²) in [7, 11) is -3.92. The van der Waals surface area contributed by atoms with Gasteiger partial charge < -0.3 is 5.73 Å². The van der Waals surface area contributed by atoms with Gasteiger partial charge in [-0.2, -0.15) is 0 Å². The molecule has 2 rings (SSSR count). The molecule has 0 aliphatic heterocycles. The zero-order valence-electron chi connectivity index (χ0n) is 13.0. The Morgan fingerprint density at radius 2 is 1.78 bits per heavy atom. The van der Waals surface area contributed by atoms with E-state index in [0.717, 1.165) is 11.6 Å². The van der Waals surface area contributed by atoms with Crippen molar-refractivity contribution in [3.05, 3.63) is 58.4 Å². The molecule has 122 valence electrons. The highest BCUT2D eigenvalue weighted by atomic mass is 32.2. The van der Waals surface area contributed by atoms with Crippen molar-refractivity contribution in [1.82, 2.24) is 0 Å². The quantitative estimate of drug-likeness (QED) is 0.899. The van der Waals surface area contributed by atoms with Crippen LogP contribution in [0.1, 0.15) is 27.0 Å². The highest BCUT2D eigenvalue weighted by Gasteiger charge is 2.20. The van der Waals surface area contributed by atoms with Gasteiger partial charge in [-0.15, -0.1) is 0 Å². The van der Waals surface area contributed by atoms with Crippen LogP contribution in [0.3, 0.4) is 0 Å². The topological polar surface area (TPSA) is 89.3 Å². The molecule has 0 aliphatic carbocycles. The molecular weight excluding hydrogens is 319 g/mol. The normalized spacial score (nSPS) is 11.3. The summed E-state index contributed by atoms with van der Waals surface area (Å²) in [5, 5.41) is 0. The average Bonchev–Trinajstić information content (AvgIpc) is 2.45. The summed E-state index contributed by atoms with van der Waals surface area (Å²) < 4.78 is 41.3. The second-order valence-corrected chi connectivity index (χ2v) is 7.02. The summed E-state index contributed by atoms with van der Waals surface area (Å²) in [6.07, 6.45) is 0. The van der Waals surface area contributed by atoms with Crippen molar-refractivity contribution >= 4 is 21.6 Å². The molecule has 5 nitrogen and oxygen atoms in total. The average molecular weight is 336 g/mol. The second-order valence-electron chi connectivity index (χ2n) is 5.37. The summed E-state index contributed by atoms with van der Waals surface area (Å²) in [5.74, 6) is -1.55. The molecule has 0 unspecified atom stereocenters. The smallest absolute Gasteiger partial charge is 0.262 e. The third-order valence-corrected chi connectivity index (χ3v) is 5.01. The first-order chi connectivity index (χ1) is 10.6. The molecule has 0 spiro atoms. The standard InChI is InChI=1S/C16H17FN2O3S/c1-9-4-5-10(2)15(6-9)23(21,22)19-14-8-12(16(18)20)7-13(17)11(14)3/h4-8,19H,1-3H3,(H2,18,20). The van der Waals surface area contributed by atoms with Crippen LogP contribution < -0.4 is 10.5 Å². The number of aryl methyl sites for hydroxylation is 2. The summed E-state index contributed by atoms with van der Waals surface area (Å²) in [6, 6.07) is 7.22. The summed E-state index contributed by atoms with van der Waals surface area (Å²) in [4.78, 5) is 11.3. The molecule has 0 heterocycles. The van der Waals surface area contributed by atoms with E-state index in [1.807, 2.05) is 0 Å². The van der Waals surface area contributed by atoms with E-state index in [-0.39, 0.29) is 21.7 Å². The Labute approximate surface area is 134 Å². The monoisotopic (exact) mass is 336 g/mol. The van der Waals surface area contributed by atoms with Crippen molar-refractivity contribution in [3.63, 3.8) is 0 Å². The van der Waals surface area contributed by atoms with Gasteiger partial charge in [0, 0.05) is 11.1 Å². The van der Waals surface area contributed by atoms with E-state index in [1.54, 1.807) is 26.0 Å². The predicted octanol–water partition coefficient (Wildman–Crippen LogP) is 2.65. The largest absolute Gasteiger partial charge is 0.366 e. The van der Waals surface area contributed by atoms with Crippen LogP contribution in [0.4, 0.5) is 10.1 Å². The van der Waals surface area contributed by atoms with Gasteiger partial charge in [0.25, 0.3) is 10.0 Å². The van der Waals surface area contributed by atoms with Crippen molar-refractivity contribution in [2.45, 2.75) is 25.7 Å². The van der Waals surface area contributed by atoms with E-state index >= 15 is 0 Å². The molecule has 23 heavy (non-hydrogen) atoms. The fraction of sp³-hybridized carbons (Fsp3) is 0.188. The minimum absolute atomic E-state index is 0.0142. The SMILES string of the molecule is Cc1ccc(C)c(S(=O)(=O)Nc2cc(C(N)=O)cc(F)c2C)c1. The van der Waals surface area contributed by atoms with E-state index in [4.69, 9.17) is 5.73 Å². The maximum atomic E-state index is 13.9. The number of sulfonamides is 1. The first kappa shape index (κ1) is 17.0. The van der Waals surface area contributed by atoms with Crippen molar-refractivity contribution in [2.24, 2.45) is 5.73 Å². The molecule has 0 bridgehead atoms. The molecule has 1 amide bonds. The Kier molecular flexibility index (Phi) is 4.42. The first-order valence-electron chi connectivity index (χ1n) is 6.82. The van der Waals surface area contributed by atoms with Gasteiger partial charge in [0.1, 0.15) is 5.82 Å². The maximum absolute atomic E-state index is 13.9. The van der Waals surface area contributed by atoms with Gasteiger partial charge >= 0.3 is 0 Å². The van der Waals surface area contributed by atoms with Gasteiger partial charge in [0.05, 0.1) is 10.6 Å². The number of carbonyl (C=O) groups is 1. The lowest BCUT2D eigenvalue weighted by atomic mass is 10.1. The number of rotatable bonds is 4. The van der Waals surface area contributed by atoms with E-state index in [9.17, 15) is 17.6 Å². The van der Waals surface area contributed by atoms with Crippen molar-refractivity contribution in [1.29, 1.82) is 0 Å². The highest BCUT2D eigenvalue weighted by molar-refractivity contribution is 7.92. The minimum atomic E-state index is -3.92. The van der Waals surface area contributed by atoms with Crippen LogP contribution in [0.15, 0.2) is 35.2 Å². The Hall–Kier alpha value is -2.41. The highest BCUT2D eigenvalue weighted by Crippen LogP contribution is 2.25. The molecule has 3 N–H and O–H groups in total. The fourth-order valence-electron chi connectivity index (χ4n) is 2.12. The van der Waals surface area contributed by atoms with Crippen molar-refractivity contribution in [2.75, 3.05) is 4.72 Å². The summed E-state index contributed by atoms with van der Waals surface area (Å²) in [6.45, 7) is 4.86. The Balaban J connectivity index is 2.53. The number of halogens is 1. The summed E-state index contributed by atoms with van der Waals surface area (Å²) in [5.41, 5.74) is 6.45. The number of amides is 1. The Morgan fingerprint density at radius 1 is 1.13 bits per heavy atom. The molecule has 7 heteroatoms. The van der Waals surface area contributed by atoms with Crippen LogP contribution in [-0.2, 0) is 10.0 Å². The maximum Gasteiger partial charge on any atom is 0.262 e. The van der Waals surface area contributed by atoms with Crippen molar-refractivity contribution < 1.29 is 17.6 Å². The number of nitrogens with two attached hydrogens (primary N) is 1.